The first kappa shape index (κ1) is 15.7. The van der Waals surface area contributed by atoms with E-state index in [1.54, 1.807) is 0 Å². The van der Waals surface area contributed by atoms with Crippen LogP contribution >= 0.6 is 0 Å². The quantitative estimate of drug-likeness (QED) is 0.776. The summed E-state index contributed by atoms with van der Waals surface area (Å²) >= 11 is 0. The molecule has 1 aromatic carbocycles. The lowest BCUT2D eigenvalue weighted by Crippen LogP contribution is -2.50. The lowest BCUT2D eigenvalue weighted by Gasteiger charge is -2.32. The molecule has 3 N–H and O–H groups in total. The van der Waals surface area contributed by atoms with Gasteiger partial charge < -0.3 is 11.1 Å². The molecule has 114 valence electrons. The van der Waals surface area contributed by atoms with E-state index in [2.05, 4.69) is 16.8 Å². The molecule has 1 aliphatic heterocycles. The van der Waals surface area contributed by atoms with Gasteiger partial charge in [0.25, 0.3) is 0 Å². The van der Waals surface area contributed by atoms with Crippen LogP contribution in [0.15, 0.2) is 43.0 Å². The summed E-state index contributed by atoms with van der Waals surface area (Å²) in [6, 6.07) is 9.68. The molecule has 1 atom stereocenters. The molecule has 1 aromatic rings. The molecule has 1 saturated heterocycles. The van der Waals surface area contributed by atoms with E-state index in [9.17, 15) is 4.79 Å². The van der Waals surface area contributed by atoms with Crippen molar-refractivity contribution in [2.45, 2.75) is 31.3 Å². The largest absolute Gasteiger partial charge is 0.352 e. The second kappa shape index (κ2) is 7.96. The highest BCUT2D eigenvalue weighted by Gasteiger charge is 2.22. The van der Waals surface area contributed by atoms with E-state index in [0.29, 0.717) is 6.42 Å². The molecule has 0 aliphatic carbocycles. The molecule has 1 fully saturated rings. The van der Waals surface area contributed by atoms with Crippen molar-refractivity contribution in [3.8, 4) is 0 Å². The van der Waals surface area contributed by atoms with Gasteiger partial charge in [-0.2, -0.15) is 0 Å². The van der Waals surface area contributed by atoms with E-state index in [1.165, 1.54) is 0 Å². The van der Waals surface area contributed by atoms with Gasteiger partial charge in [-0.15, -0.1) is 6.58 Å². The molecular weight excluding hydrogens is 262 g/mol. The maximum Gasteiger partial charge on any atom is 0.237 e. The van der Waals surface area contributed by atoms with Gasteiger partial charge in [0, 0.05) is 25.7 Å². The second-order valence-corrected chi connectivity index (χ2v) is 5.67. The fraction of sp³-hybridized carbons (Fsp3) is 0.471. The summed E-state index contributed by atoms with van der Waals surface area (Å²) in [4.78, 5) is 14.5. The number of amides is 1. The third kappa shape index (κ3) is 4.99. The summed E-state index contributed by atoms with van der Waals surface area (Å²) in [5, 5.41) is 3.09. The van der Waals surface area contributed by atoms with Crippen molar-refractivity contribution < 1.29 is 4.79 Å². The van der Waals surface area contributed by atoms with Gasteiger partial charge in [0.15, 0.2) is 0 Å². The van der Waals surface area contributed by atoms with Gasteiger partial charge in [-0.1, -0.05) is 36.4 Å². The number of carbonyl (C=O) groups is 1. The summed E-state index contributed by atoms with van der Waals surface area (Å²) in [7, 11) is 0. The number of hydrogen-bond donors (Lipinski definition) is 2. The van der Waals surface area contributed by atoms with Gasteiger partial charge in [-0.25, -0.2) is 0 Å². The maximum atomic E-state index is 12.2. The van der Waals surface area contributed by atoms with Gasteiger partial charge in [-0.05, 0) is 24.8 Å². The molecule has 1 heterocycles. The molecule has 0 radical (unpaired) electrons. The molecule has 21 heavy (non-hydrogen) atoms. The number of hydrogen-bond acceptors (Lipinski definition) is 3. The minimum Gasteiger partial charge on any atom is -0.352 e. The highest BCUT2D eigenvalue weighted by Crippen LogP contribution is 2.10. The molecule has 1 aliphatic rings. The number of nitrogens with zero attached hydrogens (tertiary/aromatic N) is 1. The van der Waals surface area contributed by atoms with E-state index in [1.807, 2.05) is 36.4 Å². The summed E-state index contributed by atoms with van der Waals surface area (Å²) in [6.07, 6.45) is 4.48. The number of nitrogens with one attached hydrogen (secondary N) is 1. The zero-order chi connectivity index (χ0) is 15.1. The zero-order valence-electron chi connectivity index (χ0n) is 12.5. The highest BCUT2D eigenvalue weighted by atomic mass is 16.2. The molecule has 4 nitrogen and oxygen atoms in total. The third-order valence-corrected chi connectivity index (χ3v) is 3.96. The molecular formula is C17H25N3O. The standard InChI is InChI=1S/C17H25N3O/c1-2-10-20-11-8-15(9-12-20)19-17(21)16(18)13-14-6-4-3-5-7-14/h2-7,15-16H,1,8-13,18H2,(H,19,21). The Morgan fingerprint density at radius 2 is 2.05 bits per heavy atom. The Morgan fingerprint density at radius 1 is 1.38 bits per heavy atom. The average Bonchev–Trinajstić information content (AvgIpc) is 2.50. The lowest BCUT2D eigenvalue weighted by atomic mass is 10.0. The molecule has 0 bridgehead atoms. The number of nitrogens with two attached hydrogens (primary N) is 1. The van der Waals surface area contributed by atoms with Crippen LogP contribution in [-0.2, 0) is 11.2 Å². The van der Waals surface area contributed by atoms with Crippen LogP contribution in [-0.4, -0.2) is 42.5 Å². The Morgan fingerprint density at radius 3 is 2.67 bits per heavy atom. The van der Waals surface area contributed by atoms with Crippen molar-refractivity contribution in [1.82, 2.24) is 10.2 Å². The Balaban J connectivity index is 1.75. The van der Waals surface area contributed by atoms with Crippen molar-refractivity contribution >= 4 is 5.91 Å². The Labute approximate surface area is 127 Å². The van der Waals surface area contributed by atoms with Crippen molar-refractivity contribution in [2.24, 2.45) is 5.73 Å². The Kier molecular flexibility index (Phi) is 5.96. The van der Waals surface area contributed by atoms with Crippen LogP contribution in [0.2, 0.25) is 0 Å². The van der Waals surface area contributed by atoms with Crippen LogP contribution in [0.5, 0.6) is 0 Å². The summed E-state index contributed by atoms with van der Waals surface area (Å²) in [5.74, 6) is -0.0407. The smallest absolute Gasteiger partial charge is 0.237 e. The van der Waals surface area contributed by atoms with Crippen LogP contribution in [0.1, 0.15) is 18.4 Å². The monoisotopic (exact) mass is 287 g/mol. The first-order valence-electron chi connectivity index (χ1n) is 7.62. The average molecular weight is 287 g/mol. The molecule has 1 unspecified atom stereocenters. The van der Waals surface area contributed by atoms with Crippen molar-refractivity contribution in [3.05, 3.63) is 48.6 Å². The zero-order valence-corrected chi connectivity index (χ0v) is 12.5. The highest BCUT2D eigenvalue weighted by molar-refractivity contribution is 5.82. The van der Waals surface area contributed by atoms with Gasteiger partial charge in [-0.3, -0.25) is 9.69 Å². The molecule has 1 amide bonds. The Bertz CT molecular complexity index is 452. The Hall–Kier alpha value is -1.65. The minimum atomic E-state index is -0.474. The van der Waals surface area contributed by atoms with Crippen LogP contribution in [0, 0.1) is 0 Å². The van der Waals surface area contributed by atoms with E-state index >= 15 is 0 Å². The SMILES string of the molecule is C=CCN1CCC(NC(=O)C(N)Cc2ccccc2)CC1. The second-order valence-electron chi connectivity index (χ2n) is 5.67. The third-order valence-electron chi connectivity index (χ3n) is 3.96. The first-order valence-corrected chi connectivity index (χ1v) is 7.62. The van der Waals surface area contributed by atoms with Gasteiger partial charge in [0.05, 0.1) is 6.04 Å². The number of benzene rings is 1. The first-order chi connectivity index (χ1) is 10.2. The summed E-state index contributed by atoms with van der Waals surface area (Å²) in [5.41, 5.74) is 7.10. The van der Waals surface area contributed by atoms with Gasteiger partial charge in [0.2, 0.25) is 5.91 Å². The predicted molar refractivity (Wildman–Crippen MR) is 85.9 cm³/mol. The van der Waals surface area contributed by atoms with Crippen LogP contribution in [0.3, 0.4) is 0 Å². The van der Waals surface area contributed by atoms with E-state index in [-0.39, 0.29) is 11.9 Å². The number of carbonyl (C=O) groups excluding carboxylic acids is 1. The molecule has 0 saturated carbocycles. The van der Waals surface area contributed by atoms with Gasteiger partial charge >= 0.3 is 0 Å². The van der Waals surface area contributed by atoms with Crippen molar-refractivity contribution in [2.75, 3.05) is 19.6 Å². The summed E-state index contributed by atoms with van der Waals surface area (Å²) in [6.45, 7) is 6.69. The lowest BCUT2D eigenvalue weighted by molar-refractivity contribution is -0.123. The topological polar surface area (TPSA) is 58.4 Å². The maximum absolute atomic E-state index is 12.2. The number of rotatable bonds is 6. The van der Waals surface area contributed by atoms with E-state index < -0.39 is 6.04 Å². The molecule has 2 rings (SSSR count). The molecule has 0 spiro atoms. The molecule has 4 heteroatoms. The number of likely N-dealkylation sites (tertiary alicyclic amines) is 1. The van der Waals surface area contributed by atoms with Crippen molar-refractivity contribution in [3.63, 3.8) is 0 Å². The normalized spacial score (nSPS) is 18.1. The number of piperidine rings is 1. The fourth-order valence-electron chi connectivity index (χ4n) is 2.71. The predicted octanol–water partition coefficient (Wildman–Crippen LogP) is 1.32. The molecule has 0 aromatic heterocycles. The van der Waals surface area contributed by atoms with Crippen LogP contribution < -0.4 is 11.1 Å². The van der Waals surface area contributed by atoms with E-state index in [0.717, 1.165) is 38.0 Å². The van der Waals surface area contributed by atoms with Gasteiger partial charge in [0.1, 0.15) is 0 Å². The fourth-order valence-corrected chi connectivity index (χ4v) is 2.71. The minimum absolute atomic E-state index is 0.0407. The van der Waals surface area contributed by atoms with E-state index in [4.69, 9.17) is 5.73 Å². The summed E-state index contributed by atoms with van der Waals surface area (Å²) < 4.78 is 0. The van der Waals surface area contributed by atoms with Crippen molar-refractivity contribution in [1.29, 1.82) is 0 Å². The van der Waals surface area contributed by atoms with Crippen LogP contribution in [0.25, 0.3) is 0 Å². The van der Waals surface area contributed by atoms with Crippen LogP contribution in [0.4, 0.5) is 0 Å².